The Balaban J connectivity index is 1.54. The van der Waals surface area contributed by atoms with Crippen molar-refractivity contribution in [2.45, 2.75) is 25.2 Å². The lowest BCUT2D eigenvalue weighted by Gasteiger charge is -2.25. The number of ether oxygens (including phenoxy) is 4. The Morgan fingerprint density at radius 2 is 1.50 bits per heavy atom. The van der Waals surface area contributed by atoms with E-state index in [9.17, 15) is 14.4 Å². The van der Waals surface area contributed by atoms with E-state index in [1.807, 2.05) is 38.1 Å². The average Bonchev–Trinajstić information content (AvgIpc) is 3.68. The molecule has 0 aromatic heterocycles. The lowest BCUT2D eigenvalue weighted by atomic mass is 9.73. The Hall–Kier alpha value is -3.83. The molecule has 10 heteroatoms. The molecule has 0 saturated carbocycles. The molecule has 0 unspecified atom stereocenters. The Labute approximate surface area is 231 Å². The van der Waals surface area contributed by atoms with Crippen LogP contribution in [0.15, 0.2) is 48.5 Å². The van der Waals surface area contributed by atoms with Gasteiger partial charge in [0.2, 0.25) is 5.79 Å². The SMILES string of the molecule is COC(=O)c1cc(-c2ccc3c(c2)C2(OCCO2)c2cc(C=O)ccc2-3)c(C(=O)OC)cc1B1OCC(C)(C)O1. The van der Waals surface area contributed by atoms with Crippen LogP contribution in [-0.4, -0.2) is 65.0 Å². The number of hydrogen-bond acceptors (Lipinski definition) is 9. The summed E-state index contributed by atoms with van der Waals surface area (Å²) in [7, 11) is 1.72. The lowest BCUT2D eigenvalue weighted by Crippen LogP contribution is -2.39. The van der Waals surface area contributed by atoms with Crippen LogP contribution >= 0.6 is 0 Å². The number of methoxy groups -OCH3 is 2. The third-order valence-electron chi connectivity index (χ3n) is 7.47. The second-order valence-electron chi connectivity index (χ2n) is 10.5. The molecule has 0 atom stereocenters. The molecule has 2 heterocycles. The first kappa shape index (κ1) is 26.4. The van der Waals surface area contributed by atoms with Crippen molar-refractivity contribution >= 4 is 30.8 Å². The standard InChI is InChI=1S/C30H27BO9/c1-29(2)16-39-31(40-29)26-14-22(27(33)35-3)21(13-23(26)28(34)36-4)18-6-8-20-19-7-5-17(15-32)11-24(19)30(25(20)12-18)37-9-10-38-30/h5-8,11-15H,9-10,16H2,1-4H3. The summed E-state index contributed by atoms with van der Waals surface area (Å²) in [6.45, 7) is 4.82. The van der Waals surface area contributed by atoms with E-state index < -0.39 is 30.4 Å². The van der Waals surface area contributed by atoms with Crippen molar-refractivity contribution in [2.24, 2.45) is 0 Å². The van der Waals surface area contributed by atoms with E-state index in [-0.39, 0.29) is 11.1 Å². The summed E-state index contributed by atoms with van der Waals surface area (Å²) in [4.78, 5) is 37.6. The number of esters is 2. The van der Waals surface area contributed by atoms with Crippen LogP contribution in [0, 0.1) is 0 Å². The maximum atomic E-state index is 13.1. The summed E-state index contributed by atoms with van der Waals surface area (Å²) in [6, 6.07) is 14.2. The Kier molecular flexibility index (Phi) is 6.38. The predicted octanol–water partition coefficient (Wildman–Crippen LogP) is 3.49. The minimum absolute atomic E-state index is 0.204. The monoisotopic (exact) mass is 542 g/mol. The fourth-order valence-electron chi connectivity index (χ4n) is 5.63. The maximum Gasteiger partial charge on any atom is 0.495 e. The summed E-state index contributed by atoms with van der Waals surface area (Å²) < 4.78 is 34.5. The molecule has 204 valence electrons. The zero-order valence-electron chi connectivity index (χ0n) is 22.6. The zero-order chi connectivity index (χ0) is 28.2. The van der Waals surface area contributed by atoms with Gasteiger partial charge in [0.05, 0.1) is 50.8 Å². The highest BCUT2D eigenvalue weighted by atomic mass is 16.7. The number of rotatable bonds is 5. The minimum Gasteiger partial charge on any atom is -0.465 e. The van der Waals surface area contributed by atoms with Gasteiger partial charge in [-0.15, -0.1) is 0 Å². The number of carbonyl (C=O) groups excluding carboxylic acids is 3. The van der Waals surface area contributed by atoms with Gasteiger partial charge in [0.15, 0.2) is 0 Å². The molecule has 2 fully saturated rings. The van der Waals surface area contributed by atoms with Gasteiger partial charge in [-0.25, -0.2) is 9.59 Å². The lowest BCUT2D eigenvalue weighted by molar-refractivity contribution is -0.126. The minimum atomic E-state index is -1.19. The highest BCUT2D eigenvalue weighted by Crippen LogP contribution is 2.53. The quantitative estimate of drug-likeness (QED) is 0.272. The maximum absolute atomic E-state index is 13.1. The van der Waals surface area contributed by atoms with Crippen LogP contribution in [0.2, 0.25) is 0 Å². The van der Waals surface area contributed by atoms with Crippen LogP contribution in [0.25, 0.3) is 22.3 Å². The van der Waals surface area contributed by atoms with Crippen LogP contribution in [-0.2, 0) is 34.0 Å². The van der Waals surface area contributed by atoms with Crippen molar-refractivity contribution < 1.29 is 42.6 Å². The van der Waals surface area contributed by atoms with Gasteiger partial charge in [-0.1, -0.05) is 24.3 Å². The van der Waals surface area contributed by atoms with Crippen molar-refractivity contribution in [1.29, 1.82) is 0 Å². The normalized spacial score (nSPS) is 17.9. The molecule has 0 bridgehead atoms. The summed E-state index contributed by atoms with van der Waals surface area (Å²) in [5.41, 5.74) is 5.09. The summed E-state index contributed by atoms with van der Waals surface area (Å²) in [6.07, 6.45) is 0.786. The molecule has 3 aromatic carbocycles. The van der Waals surface area contributed by atoms with Gasteiger partial charge in [0.25, 0.3) is 0 Å². The molecular formula is C30H27BO9. The van der Waals surface area contributed by atoms with Gasteiger partial charge in [0, 0.05) is 16.7 Å². The van der Waals surface area contributed by atoms with Crippen molar-refractivity contribution in [3.8, 4) is 22.3 Å². The molecule has 0 amide bonds. The first-order valence-corrected chi connectivity index (χ1v) is 12.9. The topological polar surface area (TPSA) is 107 Å². The van der Waals surface area contributed by atoms with E-state index >= 15 is 0 Å². The Bertz CT molecular complexity index is 1550. The van der Waals surface area contributed by atoms with Gasteiger partial charge < -0.3 is 28.3 Å². The third kappa shape index (κ3) is 4.07. The van der Waals surface area contributed by atoms with Crippen LogP contribution < -0.4 is 5.46 Å². The second kappa shape index (κ2) is 9.67. The van der Waals surface area contributed by atoms with Crippen molar-refractivity contribution in [3.63, 3.8) is 0 Å². The van der Waals surface area contributed by atoms with Crippen LogP contribution in [0.4, 0.5) is 0 Å². The number of fused-ring (bicyclic) bond motifs is 5. The largest absolute Gasteiger partial charge is 0.495 e. The van der Waals surface area contributed by atoms with Gasteiger partial charge >= 0.3 is 19.1 Å². The fourth-order valence-corrected chi connectivity index (χ4v) is 5.63. The summed E-state index contributed by atoms with van der Waals surface area (Å²) >= 11 is 0. The van der Waals surface area contributed by atoms with E-state index in [1.54, 1.807) is 24.3 Å². The highest BCUT2D eigenvalue weighted by Gasteiger charge is 2.49. The molecule has 2 aliphatic heterocycles. The van der Waals surface area contributed by atoms with E-state index in [1.165, 1.54) is 14.2 Å². The molecule has 3 aromatic rings. The smallest absolute Gasteiger partial charge is 0.465 e. The number of aldehydes is 1. The number of hydrogen-bond donors (Lipinski definition) is 0. The zero-order valence-corrected chi connectivity index (χ0v) is 22.6. The number of carbonyl (C=O) groups is 3. The van der Waals surface area contributed by atoms with Crippen LogP contribution in [0.3, 0.4) is 0 Å². The fraction of sp³-hybridized carbons (Fsp3) is 0.300. The van der Waals surface area contributed by atoms with Crippen LogP contribution in [0.5, 0.6) is 0 Å². The summed E-state index contributed by atoms with van der Waals surface area (Å²) in [5.74, 6) is -2.38. The number of benzene rings is 3. The molecule has 3 aliphatic rings. The first-order valence-electron chi connectivity index (χ1n) is 12.9. The van der Waals surface area contributed by atoms with Crippen LogP contribution in [0.1, 0.15) is 56.0 Å². The molecule has 6 rings (SSSR count). The van der Waals surface area contributed by atoms with E-state index in [0.717, 1.165) is 28.5 Å². The van der Waals surface area contributed by atoms with Gasteiger partial charge in [-0.05, 0) is 65.8 Å². The van der Waals surface area contributed by atoms with Crippen molar-refractivity contribution in [2.75, 3.05) is 34.0 Å². The van der Waals surface area contributed by atoms with E-state index in [2.05, 4.69) is 0 Å². The molecule has 40 heavy (non-hydrogen) atoms. The molecule has 1 aliphatic carbocycles. The molecule has 0 radical (unpaired) electrons. The third-order valence-corrected chi connectivity index (χ3v) is 7.47. The Morgan fingerprint density at radius 1 is 0.850 bits per heavy atom. The first-order chi connectivity index (χ1) is 19.2. The molecule has 0 N–H and O–H groups in total. The molecule has 9 nitrogen and oxygen atoms in total. The average molecular weight is 542 g/mol. The highest BCUT2D eigenvalue weighted by molar-refractivity contribution is 6.63. The molecular weight excluding hydrogens is 515 g/mol. The van der Waals surface area contributed by atoms with Crippen molar-refractivity contribution in [3.05, 3.63) is 76.3 Å². The molecule has 1 spiro atoms. The van der Waals surface area contributed by atoms with Crippen molar-refractivity contribution in [1.82, 2.24) is 0 Å². The van der Waals surface area contributed by atoms with E-state index in [4.69, 9.17) is 28.3 Å². The van der Waals surface area contributed by atoms with Gasteiger partial charge in [0.1, 0.15) is 6.29 Å². The Morgan fingerprint density at radius 3 is 2.12 bits per heavy atom. The van der Waals surface area contributed by atoms with E-state index in [0.29, 0.717) is 42.0 Å². The predicted molar refractivity (Wildman–Crippen MR) is 145 cm³/mol. The van der Waals surface area contributed by atoms with Gasteiger partial charge in [-0.2, -0.15) is 0 Å². The van der Waals surface area contributed by atoms with Gasteiger partial charge in [-0.3, -0.25) is 4.79 Å². The molecule has 2 saturated heterocycles. The second-order valence-corrected chi connectivity index (χ2v) is 10.5. The summed E-state index contributed by atoms with van der Waals surface area (Å²) in [5, 5.41) is 0.